The summed E-state index contributed by atoms with van der Waals surface area (Å²) in [6.07, 6.45) is 5.86. The lowest BCUT2D eigenvalue weighted by Crippen LogP contribution is -2.21. The molecule has 0 bridgehead atoms. The molecule has 5 nitrogen and oxygen atoms in total. The Labute approximate surface area is 132 Å². The molecule has 2 heterocycles. The summed E-state index contributed by atoms with van der Waals surface area (Å²) in [6.45, 7) is 0. The van der Waals surface area contributed by atoms with Crippen molar-refractivity contribution in [1.29, 1.82) is 0 Å². The lowest BCUT2D eigenvalue weighted by Gasteiger charge is -2.03. The van der Waals surface area contributed by atoms with Crippen molar-refractivity contribution < 1.29 is 0 Å². The van der Waals surface area contributed by atoms with Gasteiger partial charge in [-0.3, -0.25) is 4.57 Å². The van der Waals surface area contributed by atoms with E-state index in [0.29, 0.717) is 10.7 Å². The van der Waals surface area contributed by atoms with Gasteiger partial charge in [0, 0.05) is 14.1 Å². The van der Waals surface area contributed by atoms with Crippen LogP contribution in [0.4, 0.5) is 0 Å². The third kappa shape index (κ3) is 2.46. The molecule has 0 N–H and O–H groups in total. The number of hydrogen-bond acceptors (Lipinski definition) is 4. The molecular weight excluding hydrogens is 296 g/mol. The summed E-state index contributed by atoms with van der Waals surface area (Å²) >= 11 is 1.45. The smallest absolute Gasteiger partial charge is 0.324 e. The van der Waals surface area contributed by atoms with Crippen LogP contribution in [-0.4, -0.2) is 25.4 Å². The van der Waals surface area contributed by atoms with Crippen LogP contribution in [0.15, 0.2) is 40.2 Å². The van der Waals surface area contributed by atoms with Gasteiger partial charge in [-0.15, -0.1) is 11.8 Å². The van der Waals surface area contributed by atoms with Crippen LogP contribution in [0.3, 0.4) is 0 Å². The number of aromatic nitrogens is 4. The Bertz CT molecular complexity index is 909. The predicted molar refractivity (Wildman–Crippen MR) is 90.9 cm³/mol. The fourth-order valence-electron chi connectivity index (χ4n) is 2.31. The molecule has 0 aliphatic heterocycles. The van der Waals surface area contributed by atoms with Gasteiger partial charge in [0.25, 0.3) is 0 Å². The van der Waals surface area contributed by atoms with Crippen LogP contribution in [0.5, 0.6) is 0 Å². The molecule has 0 spiro atoms. The monoisotopic (exact) mass is 312 g/mol. The van der Waals surface area contributed by atoms with Crippen molar-refractivity contribution in [2.75, 3.05) is 6.26 Å². The van der Waals surface area contributed by atoms with Crippen molar-refractivity contribution in [2.45, 2.75) is 5.03 Å². The van der Waals surface area contributed by atoms with E-state index in [4.69, 9.17) is 0 Å². The first kappa shape index (κ1) is 14.6. The van der Waals surface area contributed by atoms with Crippen molar-refractivity contribution in [3.8, 4) is 0 Å². The van der Waals surface area contributed by atoms with Crippen LogP contribution in [-0.2, 0) is 14.1 Å². The Balaban J connectivity index is 2.16. The summed E-state index contributed by atoms with van der Waals surface area (Å²) in [7, 11) is 3.63. The molecule has 3 aromatic rings. The summed E-state index contributed by atoms with van der Waals surface area (Å²) < 4.78 is 3.45. The van der Waals surface area contributed by atoms with E-state index in [9.17, 15) is 4.79 Å². The first-order chi connectivity index (χ1) is 10.6. The summed E-state index contributed by atoms with van der Waals surface area (Å²) in [5, 5.41) is 0.701. The average molecular weight is 312 g/mol. The van der Waals surface area contributed by atoms with Crippen LogP contribution >= 0.6 is 11.8 Å². The van der Waals surface area contributed by atoms with E-state index >= 15 is 0 Å². The van der Waals surface area contributed by atoms with E-state index in [1.165, 1.54) is 16.3 Å². The molecule has 0 aliphatic rings. The van der Waals surface area contributed by atoms with E-state index in [-0.39, 0.29) is 5.69 Å². The first-order valence-corrected chi connectivity index (χ1v) is 8.05. The molecule has 0 atom stereocenters. The molecule has 6 heteroatoms. The van der Waals surface area contributed by atoms with Crippen LogP contribution in [0, 0.1) is 0 Å². The number of hydrogen-bond donors (Lipinski definition) is 0. The minimum atomic E-state index is -0.284. The van der Waals surface area contributed by atoms with E-state index in [0.717, 1.165) is 16.9 Å². The fraction of sp³-hybridized carbons (Fsp3) is 0.188. The molecule has 22 heavy (non-hydrogen) atoms. The molecule has 0 amide bonds. The molecule has 0 aliphatic carbocycles. The normalized spacial score (nSPS) is 11.6. The number of imidazole rings is 1. The maximum atomic E-state index is 11.9. The number of fused-ring (bicyclic) bond motifs is 1. The van der Waals surface area contributed by atoms with Crippen LogP contribution in [0.1, 0.15) is 11.4 Å². The zero-order valence-electron chi connectivity index (χ0n) is 12.6. The Kier molecular flexibility index (Phi) is 3.85. The minimum absolute atomic E-state index is 0.284. The number of aryl methyl sites for hydroxylation is 2. The number of benzene rings is 1. The van der Waals surface area contributed by atoms with Gasteiger partial charge in [-0.05, 0) is 17.9 Å². The molecule has 0 saturated carbocycles. The highest BCUT2D eigenvalue weighted by atomic mass is 32.2. The van der Waals surface area contributed by atoms with Crippen LogP contribution in [0.25, 0.3) is 23.3 Å². The zero-order chi connectivity index (χ0) is 15.7. The third-order valence-corrected chi connectivity index (χ3v) is 4.20. The summed E-state index contributed by atoms with van der Waals surface area (Å²) in [6, 6.07) is 10.0. The minimum Gasteiger partial charge on any atom is -0.324 e. The van der Waals surface area contributed by atoms with Crippen molar-refractivity contribution in [1.82, 2.24) is 19.1 Å². The standard InChI is InChI=1S/C16H16N4OS/c1-19-12(10-9-11-7-5-4-6-8-11)17-14-13(19)15(22-3)18-16(21)20(14)2/h4-10H,1-3H3/b10-9+. The zero-order valence-corrected chi connectivity index (χ0v) is 13.5. The number of rotatable bonds is 3. The van der Waals surface area contributed by atoms with Gasteiger partial charge in [-0.25, -0.2) is 9.78 Å². The SMILES string of the molecule is CSc1nc(=O)n(C)c2nc(/C=C/c3ccccc3)n(C)c12. The second kappa shape index (κ2) is 5.81. The molecule has 1 aromatic carbocycles. The highest BCUT2D eigenvalue weighted by Gasteiger charge is 2.15. The van der Waals surface area contributed by atoms with E-state index in [2.05, 4.69) is 9.97 Å². The summed E-state index contributed by atoms with van der Waals surface area (Å²) in [5.74, 6) is 0.789. The molecule has 0 radical (unpaired) electrons. The fourth-order valence-corrected chi connectivity index (χ4v) is 2.90. The van der Waals surface area contributed by atoms with E-state index in [1.807, 2.05) is 60.4 Å². The predicted octanol–water partition coefficient (Wildman–Crippen LogP) is 2.56. The van der Waals surface area contributed by atoms with E-state index in [1.54, 1.807) is 7.05 Å². The third-order valence-electron chi connectivity index (χ3n) is 3.53. The van der Waals surface area contributed by atoms with Gasteiger partial charge in [0.1, 0.15) is 16.4 Å². The van der Waals surface area contributed by atoms with Gasteiger partial charge in [0.2, 0.25) is 0 Å². The second-order valence-electron chi connectivity index (χ2n) is 4.91. The highest BCUT2D eigenvalue weighted by Crippen LogP contribution is 2.23. The van der Waals surface area contributed by atoms with Crippen LogP contribution in [0.2, 0.25) is 0 Å². The summed E-state index contributed by atoms with van der Waals surface area (Å²) in [5.41, 5.74) is 2.35. The lowest BCUT2D eigenvalue weighted by atomic mass is 10.2. The Morgan fingerprint density at radius 1 is 1.05 bits per heavy atom. The Hall–Kier alpha value is -2.34. The van der Waals surface area contributed by atoms with Crippen molar-refractivity contribution >= 4 is 35.1 Å². The molecule has 2 aromatic heterocycles. The molecule has 0 unspecified atom stereocenters. The molecule has 3 rings (SSSR count). The maximum absolute atomic E-state index is 11.9. The van der Waals surface area contributed by atoms with Gasteiger partial charge < -0.3 is 4.57 Å². The Morgan fingerprint density at radius 2 is 1.77 bits per heavy atom. The number of thioether (sulfide) groups is 1. The highest BCUT2D eigenvalue weighted by molar-refractivity contribution is 7.98. The largest absolute Gasteiger partial charge is 0.350 e. The summed E-state index contributed by atoms with van der Waals surface area (Å²) in [4.78, 5) is 20.6. The number of nitrogens with zero attached hydrogens (tertiary/aromatic N) is 4. The lowest BCUT2D eigenvalue weighted by molar-refractivity contribution is 0.811. The maximum Gasteiger partial charge on any atom is 0.350 e. The van der Waals surface area contributed by atoms with Crippen molar-refractivity contribution in [2.24, 2.45) is 14.1 Å². The van der Waals surface area contributed by atoms with Crippen molar-refractivity contribution in [3.63, 3.8) is 0 Å². The van der Waals surface area contributed by atoms with Gasteiger partial charge >= 0.3 is 5.69 Å². The van der Waals surface area contributed by atoms with Gasteiger partial charge in [0.05, 0.1) is 0 Å². The van der Waals surface area contributed by atoms with E-state index < -0.39 is 0 Å². The molecule has 112 valence electrons. The van der Waals surface area contributed by atoms with Gasteiger partial charge in [-0.2, -0.15) is 4.98 Å². The topological polar surface area (TPSA) is 52.7 Å². The first-order valence-electron chi connectivity index (χ1n) is 6.82. The molecule has 0 saturated heterocycles. The molecule has 0 fully saturated rings. The average Bonchev–Trinajstić information content (AvgIpc) is 2.87. The quantitative estimate of drug-likeness (QED) is 0.551. The van der Waals surface area contributed by atoms with Gasteiger partial charge in [-0.1, -0.05) is 36.4 Å². The van der Waals surface area contributed by atoms with Crippen LogP contribution < -0.4 is 5.69 Å². The Morgan fingerprint density at radius 3 is 2.45 bits per heavy atom. The van der Waals surface area contributed by atoms with Gasteiger partial charge in [0.15, 0.2) is 5.65 Å². The molecular formula is C16H16N4OS. The van der Waals surface area contributed by atoms with Crippen molar-refractivity contribution in [3.05, 3.63) is 52.2 Å². The second-order valence-corrected chi connectivity index (χ2v) is 5.70.